The van der Waals surface area contributed by atoms with Crippen molar-refractivity contribution in [3.8, 4) is 5.75 Å². The Hall–Kier alpha value is -1.79. The van der Waals surface area contributed by atoms with Crippen LogP contribution in [0, 0.1) is 0 Å². The molecule has 6 heteroatoms. The molecule has 6 nitrogen and oxygen atoms in total. The number of benzene rings is 1. The van der Waals surface area contributed by atoms with Gasteiger partial charge in [0.15, 0.2) is 5.96 Å². The summed E-state index contributed by atoms with van der Waals surface area (Å²) >= 11 is 0. The number of ether oxygens (including phenoxy) is 3. The van der Waals surface area contributed by atoms with Gasteiger partial charge in [-0.15, -0.1) is 0 Å². The maximum atomic E-state index is 5.63. The van der Waals surface area contributed by atoms with Crippen LogP contribution in [0.2, 0.25) is 0 Å². The molecule has 0 aliphatic carbocycles. The van der Waals surface area contributed by atoms with Crippen LogP contribution in [0.5, 0.6) is 5.75 Å². The van der Waals surface area contributed by atoms with Crippen LogP contribution in [0.25, 0.3) is 0 Å². The first-order valence-electron chi connectivity index (χ1n) is 9.75. The van der Waals surface area contributed by atoms with Crippen molar-refractivity contribution in [1.82, 2.24) is 10.6 Å². The van der Waals surface area contributed by atoms with E-state index in [0.717, 1.165) is 44.3 Å². The highest BCUT2D eigenvalue weighted by atomic mass is 16.5. The third-order valence-corrected chi connectivity index (χ3v) is 5.28. The summed E-state index contributed by atoms with van der Waals surface area (Å²) in [6.07, 6.45) is 1.96. The Balaban J connectivity index is 2.07. The largest absolute Gasteiger partial charge is 0.494 e. The molecule has 1 aromatic carbocycles. The molecule has 1 fully saturated rings. The predicted octanol–water partition coefficient (Wildman–Crippen LogP) is 2.72. The number of nitrogens with one attached hydrogen (secondary N) is 2. The smallest absolute Gasteiger partial charge is 0.191 e. The van der Waals surface area contributed by atoms with E-state index in [1.165, 1.54) is 5.56 Å². The first-order valence-corrected chi connectivity index (χ1v) is 9.75. The molecule has 2 N–H and O–H groups in total. The number of rotatable bonds is 8. The summed E-state index contributed by atoms with van der Waals surface area (Å²) in [5.41, 5.74) is 1.09. The maximum absolute atomic E-state index is 5.63. The van der Waals surface area contributed by atoms with Gasteiger partial charge in [0.1, 0.15) is 5.75 Å². The minimum atomic E-state index is -0.247. The molecule has 0 radical (unpaired) electrons. The summed E-state index contributed by atoms with van der Waals surface area (Å²) in [4.78, 5) is 4.36. The summed E-state index contributed by atoms with van der Waals surface area (Å²) < 4.78 is 16.7. The SMILES string of the molecule is CCOc1ccc(C2(CNC(=NC)NCC(C)(C)OC)CCOCC2)cc1. The number of nitrogens with zero attached hydrogens (tertiary/aromatic N) is 1. The molecule has 1 aliphatic heterocycles. The Morgan fingerprint density at radius 2 is 1.85 bits per heavy atom. The summed E-state index contributed by atoms with van der Waals surface area (Å²) in [7, 11) is 3.52. The molecule has 1 aromatic rings. The molecule has 0 bridgehead atoms. The minimum absolute atomic E-state index is 0.0252. The highest BCUT2D eigenvalue weighted by Crippen LogP contribution is 2.35. The lowest BCUT2D eigenvalue weighted by Gasteiger charge is -2.38. The molecule has 1 saturated heterocycles. The molecular formula is C21H35N3O3. The average Bonchev–Trinajstić information content (AvgIpc) is 2.69. The Morgan fingerprint density at radius 3 is 2.41 bits per heavy atom. The van der Waals surface area contributed by atoms with E-state index in [-0.39, 0.29) is 11.0 Å². The van der Waals surface area contributed by atoms with E-state index < -0.39 is 0 Å². The first-order chi connectivity index (χ1) is 12.9. The molecule has 1 aliphatic rings. The zero-order chi connectivity index (χ0) is 19.8. The fourth-order valence-electron chi connectivity index (χ4n) is 3.24. The maximum Gasteiger partial charge on any atom is 0.191 e. The zero-order valence-corrected chi connectivity index (χ0v) is 17.4. The second kappa shape index (κ2) is 9.95. The van der Waals surface area contributed by atoms with Crippen molar-refractivity contribution in [2.45, 2.75) is 44.6 Å². The molecule has 27 heavy (non-hydrogen) atoms. The Kier molecular flexibility index (Phi) is 7.92. The van der Waals surface area contributed by atoms with E-state index >= 15 is 0 Å². The van der Waals surface area contributed by atoms with Crippen LogP contribution in [0.1, 0.15) is 39.2 Å². The average molecular weight is 378 g/mol. The standard InChI is InChI=1S/C21H35N3O3/c1-6-27-18-9-7-17(8-10-18)21(11-13-26-14-12-21)16-24-19(22-4)23-15-20(2,3)25-5/h7-10H,6,11-16H2,1-5H3,(H2,22,23,24). The van der Waals surface area contributed by atoms with Gasteiger partial charge >= 0.3 is 0 Å². The Morgan fingerprint density at radius 1 is 1.19 bits per heavy atom. The second-order valence-corrected chi connectivity index (χ2v) is 7.59. The van der Waals surface area contributed by atoms with Gasteiger partial charge in [-0.3, -0.25) is 4.99 Å². The lowest BCUT2D eigenvalue weighted by molar-refractivity contribution is 0.0267. The van der Waals surface area contributed by atoms with E-state index in [1.54, 1.807) is 14.2 Å². The highest BCUT2D eigenvalue weighted by Gasteiger charge is 2.34. The van der Waals surface area contributed by atoms with Crippen molar-refractivity contribution in [3.63, 3.8) is 0 Å². The summed E-state index contributed by atoms with van der Waals surface area (Å²) in [6.45, 7) is 9.82. The fraction of sp³-hybridized carbons (Fsp3) is 0.667. The van der Waals surface area contributed by atoms with E-state index in [4.69, 9.17) is 14.2 Å². The van der Waals surface area contributed by atoms with E-state index in [2.05, 4.69) is 39.9 Å². The molecule has 0 atom stereocenters. The van der Waals surface area contributed by atoms with Crippen LogP contribution in [0.15, 0.2) is 29.3 Å². The third kappa shape index (κ3) is 6.11. The second-order valence-electron chi connectivity index (χ2n) is 7.59. The molecule has 0 amide bonds. The van der Waals surface area contributed by atoms with Gasteiger partial charge in [0, 0.05) is 45.9 Å². The van der Waals surface area contributed by atoms with Gasteiger partial charge in [-0.05, 0) is 51.3 Å². The van der Waals surface area contributed by atoms with Gasteiger partial charge in [0.25, 0.3) is 0 Å². The van der Waals surface area contributed by atoms with Gasteiger partial charge in [-0.2, -0.15) is 0 Å². The summed E-state index contributed by atoms with van der Waals surface area (Å²) in [5.74, 6) is 1.70. The highest BCUT2D eigenvalue weighted by molar-refractivity contribution is 5.79. The Bertz CT molecular complexity index is 593. The van der Waals surface area contributed by atoms with Crippen LogP contribution in [0.3, 0.4) is 0 Å². The summed E-state index contributed by atoms with van der Waals surface area (Å²) in [6, 6.07) is 8.49. The number of methoxy groups -OCH3 is 1. The monoisotopic (exact) mass is 377 g/mol. The van der Waals surface area contributed by atoms with E-state index in [1.807, 2.05) is 20.8 Å². The quantitative estimate of drug-likeness (QED) is 0.539. The number of guanidine groups is 1. The molecule has 0 spiro atoms. The van der Waals surface area contributed by atoms with Crippen LogP contribution in [0.4, 0.5) is 0 Å². The van der Waals surface area contributed by atoms with Crippen molar-refractivity contribution in [2.75, 3.05) is 47.1 Å². The minimum Gasteiger partial charge on any atom is -0.494 e. The normalized spacial score (nSPS) is 17.4. The van der Waals surface area contributed by atoms with Crippen molar-refractivity contribution in [2.24, 2.45) is 4.99 Å². The molecule has 2 rings (SSSR count). The van der Waals surface area contributed by atoms with Crippen molar-refractivity contribution >= 4 is 5.96 Å². The van der Waals surface area contributed by atoms with Gasteiger partial charge in [-0.25, -0.2) is 0 Å². The van der Waals surface area contributed by atoms with Gasteiger partial charge in [-0.1, -0.05) is 12.1 Å². The van der Waals surface area contributed by atoms with Gasteiger partial charge < -0.3 is 24.8 Å². The van der Waals surface area contributed by atoms with E-state index in [9.17, 15) is 0 Å². The molecule has 1 heterocycles. The van der Waals surface area contributed by atoms with E-state index in [0.29, 0.717) is 13.2 Å². The third-order valence-electron chi connectivity index (χ3n) is 5.28. The number of aliphatic imine (C=N–C) groups is 1. The van der Waals surface area contributed by atoms with Crippen molar-refractivity contribution in [3.05, 3.63) is 29.8 Å². The first kappa shape index (κ1) is 21.5. The Labute approximate surface area is 163 Å². The van der Waals surface area contributed by atoms with Crippen LogP contribution in [-0.4, -0.2) is 58.6 Å². The van der Waals surface area contributed by atoms with Crippen molar-refractivity contribution in [1.29, 1.82) is 0 Å². The molecular weight excluding hydrogens is 342 g/mol. The molecule has 0 aromatic heterocycles. The molecule has 0 saturated carbocycles. The fourth-order valence-corrected chi connectivity index (χ4v) is 3.24. The number of hydrogen-bond donors (Lipinski definition) is 2. The lowest BCUT2D eigenvalue weighted by atomic mass is 9.74. The van der Waals surface area contributed by atoms with Gasteiger partial charge in [0.2, 0.25) is 0 Å². The zero-order valence-electron chi connectivity index (χ0n) is 17.4. The van der Waals surface area contributed by atoms with Crippen LogP contribution >= 0.6 is 0 Å². The van der Waals surface area contributed by atoms with Crippen LogP contribution < -0.4 is 15.4 Å². The van der Waals surface area contributed by atoms with Crippen molar-refractivity contribution < 1.29 is 14.2 Å². The number of hydrogen-bond acceptors (Lipinski definition) is 4. The molecule has 152 valence electrons. The summed E-state index contributed by atoms with van der Waals surface area (Å²) in [5, 5.41) is 6.87. The van der Waals surface area contributed by atoms with Gasteiger partial charge in [0.05, 0.1) is 12.2 Å². The molecule has 0 unspecified atom stereocenters. The van der Waals surface area contributed by atoms with Crippen LogP contribution in [-0.2, 0) is 14.9 Å². The topological polar surface area (TPSA) is 64.1 Å². The lowest BCUT2D eigenvalue weighted by Crippen LogP contribution is -2.50. The predicted molar refractivity (Wildman–Crippen MR) is 110 cm³/mol.